The average molecular weight is 572 g/mol. The number of nitrogens with zero attached hydrogens (tertiary/aromatic N) is 2. The van der Waals surface area contributed by atoms with Gasteiger partial charge in [0.1, 0.15) is 11.9 Å². The zero-order valence-corrected chi connectivity index (χ0v) is 23.0. The molecule has 1 aliphatic heterocycles. The molecule has 0 aliphatic carbocycles. The molecule has 0 saturated carbocycles. The summed E-state index contributed by atoms with van der Waals surface area (Å²) in [5.74, 6) is 0.579. The Morgan fingerprint density at radius 1 is 1.14 bits per heavy atom. The van der Waals surface area contributed by atoms with E-state index in [1.807, 2.05) is 24.9 Å². The second-order valence-electron chi connectivity index (χ2n) is 9.26. The van der Waals surface area contributed by atoms with E-state index in [4.69, 9.17) is 0 Å². The van der Waals surface area contributed by atoms with Crippen molar-refractivity contribution in [3.63, 3.8) is 0 Å². The molecule has 35 heavy (non-hydrogen) atoms. The molecule has 1 aliphatic rings. The monoisotopic (exact) mass is 570 g/mol. The van der Waals surface area contributed by atoms with Crippen LogP contribution in [0.4, 0.5) is 0 Å². The van der Waals surface area contributed by atoms with E-state index in [2.05, 4.69) is 66.2 Å². The van der Waals surface area contributed by atoms with Gasteiger partial charge in [0.05, 0.1) is 27.3 Å². The number of halogens is 1. The van der Waals surface area contributed by atoms with Crippen LogP contribution in [0.1, 0.15) is 45.5 Å². The molecule has 0 radical (unpaired) electrons. The molecule has 0 bridgehead atoms. The van der Waals surface area contributed by atoms with Crippen molar-refractivity contribution in [2.45, 2.75) is 45.7 Å². The minimum absolute atomic E-state index is 0.0121. The van der Waals surface area contributed by atoms with Gasteiger partial charge in [0.15, 0.2) is 0 Å². The number of likely N-dealkylation sites (tertiary alicyclic amines) is 1. The maximum absolute atomic E-state index is 13.3. The van der Waals surface area contributed by atoms with Crippen molar-refractivity contribution in [1.82, 2.24) is 20.2 Å². The van der Waals surface area contributed by atoms with E-state index in [0.717, 1.165) is 34.4 Å². The fourth-order valence-electron chi connectivity index (χ4n) is 4.70. The van der Waals surface area contributed by atoms with Crippen LogP contribution in [0, 0.1) is 5.92 Å². The number of benzene rings is 1. The van der Waals surface area contributed by atoms with E-state index >= 15 is 0 Å². The van der Waals surface area contributed by atoms with Gasteiger partial charge in [-0.3, -0.25) is 9.59 Å². The van der Waals surface area contributed by atoms with Gasteiger partial charge in [-0.1, -0.05) is 38.1 Å². The van der Waals surface area contributed by atoms with Gasteiger partial charge in [-0.2, -0.15) is 0 Å². The van der Waals surface area contributed by atoms with E-state index in [-0.39, 0.29) is 23.8 Å². The number of carbonyl (C=O) groups is 2. The van der Waals surface area contributed by atoms with Gasteiger partial charge in [0.2, 0.25) is 11.8 Å². The Kier molecular flexibility index (Phi) is 6.83. The Hall–Kier alpha value is -2.49. The first-order valence-electron chi connectivity index (χ1n) is 11.7. The number of thiophene rings is 2. The summed E-state index contributed by atoms with van der Waals surface area (Å²) in [6, 6.07) is 7.89. The molecule has 1 saturated heterocycles. The maximum atomic E-state index is 13.3. The van der Waals surface area contributed by atoms with Crippen molar-refractivity contribution in [3.8, 4) is 22.4 Å². The van der Waals surface area contributed by atoms with Crippen LogP contribution in [0.15, 0.2) is 45.7 Å². The van der Waals surface area contributed by atoms with Crippen LogP contribution in [0.3, 0.4) is 0 Å². The molecule has 2 N–H and O–H groups in total. The lowest BCUT2D eigenvalue weighted by Gasteiger charge is -2.30. The third-order valence-corrected chi connectivity index (χ3v) is 9.83. The summed E-state index contributed by atoms with van der Waals surface area (Å²) in [6.45, 7) is 6.03. The van der Waals surface area contributed by atoms with Gasteiger partial charge in [-0.25, -0.2) is 4.98 Å². The molecule has 182 valence electrons. The fourth-order valence-corrected chi connectivity index (χ4v) is 7.77. The number of aromatic nitrogens is 2. The molecule has 9 heteroatoms. The van der Waals surface area contributed by atoms with Crippen molar-refractivity contribution in [2.24, 2.45) is 5.92 Å². The van der Waals surface area contributed by atoms with E-state index in [0.29, 0.717) is 6.54 Å². The topological polar surface area (TPSA) is 78.1 Å². The number of nitrogens with one attached hydrogen (secondary N) is 2. The van der Waals surface area contributed by atoms with Crippen molar-refractivity contribution >= 4 is 59.8 Å². The summed E-state index contributed by atoms with van der Waals surface area (Å²) >= 11 is 7.15. The molecule has 1 fully saturated rings. The molecule has 3 aromatic heterocycles. The molecule has 6 nitrogen and oxygen atoms in total. The third-order valence-electron chi connectivity index (χ3n) is 6.49. The van der Waals surface area contributed by atoms with Crippen molar-refractivity contribution < 1.29 is 9.59 Å². The van der Waals surface area contributed by atoms with Crippen LogP contribution in [-0.4, -0.2) is 39.3 Å². The summed E-state index contributed by atoms with van der Waals surface area (Å²) in [5, 5.41) is 7.18. The smallest absolute Gasteiger partial charge is 0.246 e. The molecule has 1 aromatic carbocycles. The van der Waals surface area contributed by atoms with E-state index in [1.165, 1.54) is 27.5 Å². The highest BCUT2D eigenvalue weighted by molar-refractivity contribution is 9.10. The number of amides is 2. The van der Waals surface area contributed by atoms with Crippen LogP contribution in [-0.2, 0) is 9.59 Å². The minimum Gasteiger partial charge on any atom is -0.344 e. The Morgan fingerprint density at radius 2 is 1.86 bits per heavy atom. The number of imidazole rings is 1. The lowest BCUT2D eigenvalue weighted by atomic mass is 10.0. The summed E-state index contributed by atoms with van der Waals surface area (Å²) in [6.07, 6.45) is 3.62. The van der Waals surface area contributed by atoms with E-state index in [9.17, 15) is 9.59 Å². The number of hydrogen-bond acceptors (Lipinski definition) is 5. The van der Waals surface area contributed by atoms with E-state index < -0.39 is 6.04 Å². The molecule has 4 aromatic rings. The SMILES string of the molecule is CC(=O)N[C@H](C(=O)N1CCCC1c1ncc(-c2ccc(-c3csc4c(Br)csc34)cc2)[nH]1)C(C)C. The highest BCUT2D eigenvalue weighted by Crippen LogP contribution is 2.42. The first-order chi connectivity index (χ1) is 16.8. The van der Waals surface area contributed by atoms with Gasteiger partial charge < -0.3 is 15.2 Å². The first kappa shape index (κ1) is 24.2. The van der Waals surface area contributed by atoms with Crippen LogP contribution in [0.5, 0.6) is 0 Å². The predicted molar refractivity (Wildman–Crippen MR) is 147 cm³/mol. The highest BCUT2D eigenvalue weighted by Gasteiger charge is 2.37. The number of fused-ring (bicyclic) bond motifs is 1. The second kappa shape index (κ2) is 9.87. The Bertz CT molecular complexity index is 1370. The number of H-pyrrole nitrogens is 1. The van der Waals surface area contributed by atoms with Gasteiger partial charge in [-0.15, -0.1) is 22.7 Å². The lowest BCUT2D eigenvalue weighted by molar-refractivity contribution is -0.138. The lowest BCUT2D eigenvalue weighted by Crippen LogP contribution is -2.50. The minimum atomic E-state index is -0.525. The maximum Gasteiger partial charge on any atom is 0.246 e. The predicted octanol–water partition coefficient (Wildman–Crippen LogP) is 6.61. The quantitative estimate of drug-likeness (QED) is 0.274. The van der Waals surface area contributed by atoms with Gasteiger partial charge in [-0.05, 0) is 45.8 Å². The zero-order chi connectivity index (χ0) is 24.7. The molecule has 0 spiro atoms. The number of hydrogen-bond donors (Lipinski definition) is 2. The Labute approximate surface area is 220 Å². The molecule has 2 amide bonds. The number of rotatable bonds is 6. The van der Waals surface area contributed by atoms with Crippen LogP contribution < -0.4 is 5.32 Å². The third kappa shape index (κ3) is 4.69. The molecular weight excluding hydrogens is 544 g/mol. The van der Waals surface area contributed by atoms with Crippen LogP contribution >= 0.6 is 38.6 Å². The molecule has 2 atom stereocenters. The van der Waals surface area contributed by atoms with Gasteiger partial charge in [0.25, 0.3) is 0 Å². The number of aromatic amines is 1. The molecule has 4 heterocycles. The average Bonchev–Trinajstić information content (AvgIpc) is 3.62. The second-order valence-corrected chi connectivity index (χ2v) is 11.9. The first-order valence-corrected chi connectivity index (χ1v) is 14.3. The van der Waals surface area contributed by atoms with Crippen LogP contribution in [0.2, 0.25) is 0 Å². The summed E-state index contributed by atoms with van der Waals surface area (Å²) in [7, 11) is 0. The Balaban J connectivity index is 1.35. The largest absolute Gasteiger partial charge is 0.344 e. The molecule has 1 unspecified atom stereocenters. The van der Waals surface area contributed by atoms with Crippen LogP contribution in [0.25, 0.3) is 31.8 Å². The Morgan fingerprint density at radius 3 is 2.57 bits per heavy atom. The van der Waals surface area contributed by atoms with Crippen molar-refractivity contribution in [3.05, 3.63) is 51.5 Å². The fraction of sp³-hybridized carbons (Fsp3) is 0.346. The van der Waals surface area contributed by atoms with Crippen molar-refractivity contribution in [2.75, 3.05) is 6.54 Å². The van der Waals surface area contributed by atoms with Crippen molar-refractivity contribution in [1.29, 1.82) is 0 Å². The summed E-state index contributed by atoms with van der Waals surface area (Å²) in [5.41, 5.74) is 4.44. The van der Waals surface area contributed by atoms with Gasteiger partial charge >= 0.3 is 0 Å². The standard InChI is InChI=1S/C26H27BrN4O2S2/c1-14(2)22(29-15(3)32)26(33)31-10-4-5-21(31)25-28-11-20(30-25)17-8-6-16(7-9-17)18-12-34-24-19(27)13-35-23(18)24/h6-9,11-14,21-22H,4-5,10H2,1-3H3,(H,28,30)(H,29,32)/t21?,22-/m0/s1. The number of carbonyl (C=O) groups excluding carboxylic acids is 2. The molecular formula is C26H27BrN4O2S2. The van der Waals surface area contributed by atoms with Gasteiger partial charge in [0, 0.05) is 34.3 Å². The normalized spacial score (nSPS) is 16.8. The molecule has 5 rings (SSSR count). The summed E-state index contributed by atoms with van der Waals surface area (Å²) < 4.78 is 3.76. The van der Waals surface area contributed by atoms with E-state index in [1.54, 1.807) is 22.7 Å². The highest BCUT2D eigenvalue weighted by atomic mass is 79.9. The zero-order valence-electron chi connectivity index (χ0n) is 19.8. The summed E-state index contributed by atoms with van der Waals surface area (Å²) in [4.78, 5) is 34.9.